The normalized spacial score (nSPS) is 10.6. The van der Waals surface area contributed by atoms with Crippen LogP contribution in [0.3, 0.4) is 0 Å². The van der Waals surface area contributed by atoms with Crippen molar-refractivity contribution in [1.29, 1.82) is 0 Å². The van der Waals surface area contributed by atoms with Crippen LogP contribution in [0.4, 0.5) is 0 Å². The molecular weight excluding hydrogens is 304 g/mol. The third kappa shape index (κ3) is 3.71. The van der Waals surface area contributed by atoms with Crippen LogP contribution in [0, 0.1) is 0 Å². The van der Waals surface area contributed by atoms with E-state index in [4.69, 9.17) is 9.47 Å². The molecule has 0 saturated carbocycles. The zero-order valence-electron chi connectivity index (χ0n) is 13.8. The van der Waals surface area contributed by atoms with E-state index in [2.05, 4.69) is 21.1 Å². The summed E-state index contributed by atoms with van der Waals surface area (Å²) >= 11 is 0. The summed E-state index contributed by atoms with van der Waals surface area (Å²) in [6.45, 7) is 5.72. The average Bonchev–Trinajstić information content (AvgIpc) is 3.10. The van der Waals surface area contributed by atoms with Gasteiger partial charge in [-0.2, -0.15) is 5.10 Å². The van der Waals surface area contributed by atoms with Gasteiger partial charge in [-0.25, -0.2) is 14.6 Å². The van der Waals surface area contributed by atoms with Crippen molar-refractivity contribution in [3.05, 3.63) is 54.7 Å². The van der Waals surface area contributed by atoms with E-state index in [9.17, 15) is 0 Å². The Kier molecular flexibility index (Phi) is 5.05. The molecule has 0 aliphatic rings. The van der Waals surface area contributed by atoms with Gasteiger partial charge in [-0.3, -0.25) is 0 Å². The van der Waals surface area contributed by atoms with Gasteiger partial charge in [-0.05, 0) is 43.2 Å². The van der Waals surface area contributed by atoms with E-state index >= 15 is 0 Å². The maximum absolute atomic E-state index is 5.69. The van der Waals surface area contributed by atoms with Crippen LogP contribution in [-0.2, 0) is 6.54 Å². The first-order valence-electron chi connectivity index (χ1n) is 7.97. The highest BCUT2D eigenvalue weighted by Gasteiger charge is 2.11. The molecular formula is C18H20N4O2. The largest absolute Gasteiger partial charge is 0.494 e. The van der Waals surface area contributed by atoms with Crippen molar-refractivity contribution in [2.24, 2.45) is 0 Å². The van der Waals surface area contributed by atoms with Gasteiger partial charge in [-0.1, -0.05) is 12.1 Å². The number of pyridine rings is 1. The summed E-state index contributed by atoms with van der Waals surface area (Å²) in [4.78, 5) is 8.44. The monoisotopic (exact) mass is 324 g/mol. The third-order valence-corrected chi connectivity index (χ3v) is 3.46. The van der Waals surface area contributed by atoms with Crippen molar-refractivity contribution < 1.29 is 9.47 Å². The summed E-state index contributed by atoms with van der Waals surface area (Å²) in [6.07, 6.45) is 5.02. The van der Waals surface area contributed by atoms with Crippen LogP contribution in [0.15, 0.2) is 49.2 Å². The number of rotatable bonds is 7. The van der Waals surface area contributed by atoms with Gasteiger partial charge in [0.05, 0.1) is 19.8 Å². The average molecular weight is 324 g/mol. The Morgan fingerprint density at radius 1 is 1.08 bits per heavy atom. The number of ether oxygens (including phenoxy) is 2. The van der Waals surface area contributed by atoms with E-state index < -0.39 is 0 Å². The zero-order valence-corrected chi connectivity index (χ0v) is 13.8. The molecule has 6 nitrogen and oxygen atoms in total. The lowest BCUT2D eigenvalue weighted by atomic mass is 10.0. The van der Waals surface area contributed by atoms with Crippen molar-refractivity contribution in [1.82, 2.24) is 19.7 Å². The van der Waals surface area contributed by atoms with Crippen molar-refractivity contribution >= 4 is 0 Å². The Labute approximate surface area is 141 Å². The molecule has 3 aromatic rings. The molecule has 2 heterocycles. The van der Waals surface area contributed by atoms with Crippen LogP contribution in [0.5, 0.6) is 11.6 Å². The fourth-order valence-electron chi connectivity index (χ4n) is 2.46. The smallest absolute Gasteiger partial charge is 0.221 e. The lowest BCUT2D eigenvalue weighted by Crippen LogP contribution is -2.03. The summed E-state index contributed by atoms with van der Waals surface area (Å²) in [5, 5.41) is 4.14. The van der Waals surface area contributed by atoms with Crippen LogP contribution in [-0.4, -0.2) is 33.0 Å². The Morgan fingerprint density at radius 3 is 2.71 bits per heavy atom. The molecule has 3 rings (SSSR count). The van der Waals surface area contributed by atoms with E-state index in [1.165, 1.54) is 6.33 Å². The number of benzene rings is 1. The maximum atomic E-state index is 5.69. The fourth-order valence-corrected chi connectivity index (χ4v) is 2.46. The second kappa shape index (κ2) is 7.59. The minimum Gasteiger partial charge on any atom is -0.494 e. The molecule has 124 valence electrons. The van der Waals surface area contributed by atoms with Gasteiger partial charge >= 0.3 is 0 Å². The Balaban J connectivity index is 1.98. The molecule has 0 fully saturated rings. The first kappa shape index (κ1) is 16.0. The molecule has 0 bridgehead atoms. The van der Waals surface area contributed by atoms with Gasteiger partial charge in [0.15, 0.2) is 0 Å². The molecule has 0 spiro atoms. The van der Waals surface area contributed by atoms with Gasteiger partial charge in [0, 0.05) is 11.8 Å². The summed E-state index contributed by atoms with van der Waals surface area (Å²) in [5.74, 6) is 1.45. The van der Waals surface area contributed by atoms with Crippen LogP contribution in [0.25, 0.3) is 11.1 Å². The summed E-state index contributed by atoms with van der Waals surface area (Å²) < 4.78 is 13.1. The standard InChI is InChI=1S/C18H20N4O2/c1-3-23-16-7-5-6-15(9-16)17-8-14(10-20-18(17)24-4-2)11-22-13-19-12-21-22/h5-10,12-13H,3-4,11H2,1-2H3. The highest BCUT2D eigenvalue weighted by atomic mass is 16.5. The number of aromatic nitrogens is 4. The Morgan fingerprint density at radius 2 is 1.96 bits per heavy atom. The molecule has 0 amide bonds. The van der Waals surface area contributed by atoms with Gasteiger partial charge in [0.2, 0.25) is 5.88 Å². The molecule has 0 saturated heterocycles. The highest BCUT2D eigenvalue weighted by molar-refractivity contribution is 5.70. The van der Waals surface area contributed by atoms with Crippen molar-refractivity contribution in [2.75, 3.05) is 13.2 Å². The topological polar surface area (TPSA) is 62.1 Å². The zero-order chi connectivity index (χ0) is 16.8. The van der Waals surface area contributed by atoms with E-state index in [0.717, 1.165) is 22.4 Å². The van der Waals surface area contributed by atoms with Crippen LogP contribution in [0.1, 0.15) is 19.4 Å². The SMILES string of the molecule is CCOc1cccc(-c2cc(Cn3cncn3)cnc2OCC)c1. The molecule has 0 N–H and O–H groups in total. The van der Waals surface area contributed by atoms with Crippen LogP contribution < -0.4 is 9.47 Å². The van der Waals surface area contributed by atoms with Crippen LogP contribution in [0.2, 0.25) is 0 Å². The quantitative estimate of drug-likeness (QED) is 0.668. The van der Waals surface area contributed by atoms with Gasteiger partial charge in [-0.15, -0.1) is 0 Å². The molecule has 0 radical (unpaired) electrons. The molecule has 6 heteroatoms. The molecule has 0 unspecified atom stereocenters. The van der Waals surface area contributed by atoms with Gasteiger partial charge in [0.1, 0.15) is 18.4 Å². The molecule has 1 aromatic carbocycles. The number of nitrogens with zero attached hydrogens (tertiary/aromatic N) is 4. The summed E-state index contributed by atoms with van der Waals surface area (Å²) in [6, 6.07) is 10.0. The molecule has 0 aliphatic heterocycles. The van der Waals surface area contributed by atoms with E-state index in [0.29, 0.717) is 25.6 Å². The molecule has 0 atom stereocenters. The minimum atomic E-state index is 0.563. The van der Waals surface area contributed by atoms with Gasteiger partial charge < -0.3 is 9.47 Å². The van der Waals surface area contributed by atoms with E-state index in [-0.39, 0.29) is 0 Å². The first-order chi connectivity index (χ1) is 11.8. The van der Waals surface area contributed by atoms with Gasteiger partial charge in [0.25, 0.3) is 0 Å². The summed E-state index contributed by atoms with van der Waals surface area (Å²) in [5.41, 5.74) is 2.98. The minimum absolute atomic E-state index is 0.563. The lowest BCUT2D eigenvalue weighted by molar-refractivity contribution is 0.328. The van der Waals surface area contributed by atoms with Crippen molar-refractivity contribution in [3.8, 4) is 22.8 Å². The second-order valence-corrected chi connectivity index (χ2v) is 5.18. The summed E-state index contributed by atoms with van der Waals surface area (Å²) in [7, 11) is 0. The predicted molar refractivity (Wildman–Crippen MR) is 91.1 cm³/mol. The number of hydrogen-bond donors (Lipinski definition) is 0. The predicted octanol–water partition coefficient (Wildman–Crippen LogP) is 3.19. The molecule has 0 aliphatic carbocycles. The van der Waals surface area contributed by atoms with Crippen molar-refractivity contribution in [3.63, 3.8) is 0 Å². The molecule has 2 aromatic heterocycles. The second-order valence-electron chi connectivity index (χ2n) is 5.18. The lowest BCUT2D eigenvalue weighted by Gasteiger charge is -2.12. The third-order valence-electron chi connectivity index (χ3n) is 3.46. The highest BCUT2D eigenvalue weighted by Crippen LogP contribution is 2.31. The van der Waals surface area contributed by atoms with E-state index in [1.54, 1.807) is 11.0 Å². The first-order valence-corrected chi connectivity index (χ1v) is 7.97. The number of hydrogen-bond acceptors (Lipinski definition) is 5. The van der Waals surface area contributed by atoms with Crippen LogP contribution >= 0.6 is 0 Å². The maximum Gasteiger partial charge on any atom is 0.221 e. The fraction of sp³-hybridized carbons (Fsp3) is 0.278. The Bertz CT molecular complexity index is 787. The molecule has 24 heavy (non-hydrogen) atoms. The van der Waals surface area contributed by atoms with Crippen molar-refractivity contribution in [2.45, 2.75) is 20.4 Å². The van der Waals surface area contributed by atoms with E-state index in [1.807, 2.05) is 44.3 Å². The Hall–Kier alpha value is -2.89.